The Balaban J connectivity index is 2.31. The average molecular weight is 146 g/mol. The Kier molecular flexibility index (Phi) is 2.39. The van der Waals surface area contributed by atoms with E-state index in [-0.39, 0.29) is 11.2 Å². The van der Waals surface area contributed by atoms with E-state index in [1.54, 1.807) is 11.8 Å². The first-order valence-electron chi connectivity index (χ1n) is 3.13. The van der Waals surface area contributed by atoms with Crippen molar-refractivity contribution in [3.05, 3.63) is 0 Å². The second-order valence-corrected chi connectivity index (χ2v) is 3.38. The smallest absolute Gasteiger partial charge is 0.319 e. The summed E-state index contributed by atoms with van der Waals surface area (Å²) in [5.74, 6) is 0.974. The summed E-state index contributed by atoms with van der Waals surface area (Å²) in [6, 6.07) is 0. The van der Waals surface area contributed by atoms with Gasteiger partial charge in [0.2, 0.25) is 0 Å². The number of cyclic esters (lactones) is 1. The van der Waals surface area contributed by atoms with Crippen molar-refractivity contribution in [2.24, 2.45) is 0 Å². The first-order valence-corrected chi connectivity index (χ1v) is 4.17. The van der Waals surface area contributed by atoms with E-state index in [4.69, 9.17) is 4.74 Å². The Hall–Kier alpha value is -0.180. The minimum absolute atomic E-state index is 0.0261. The number of thioether (sulfide) groups is 1. The van der Waals surface area contributed by atoms with Crippen LogP contribution in [0.15, 0.2) is 0 Å². The fraction of sp³-hybridized carbons (Fsp3) is 0.833. The Labute approximate surface area is 59.0 Å². The molecule has 0 aromatic rings. The molecule has 0 aliphatic carbocycles. The van der Waals surface area contributed by atoms with Gasteiger partial charge in [0.25, 0.3) is 0 Å². The summed E-state index contributed by atoms with van der Waals surface area (Å²) in [6.45, 7) is 2.67. The molecule has 0 aromatic carbocycles. The molecule has 1 fully saturated rings. The predicted octanol–water partition coefficient (Wildman–Crippen LogP) is 1.05. The van der Waals surface area contributed by atoms with E-state index >= 15 is 0 Å². The van der Waals surface area contributed by atoms with Crippen LogP contribution in [-0.4, -0.2) is 23.6 Å². The largest absolute Gasteiger partial charge is 0.465 e. The monoisotopic (exact) mass is 146 g/mol. The van der Waals surface area contributed by atoms with Gasteiger partial charge in [-0.15, -0.1) is 11.8 Å². The molecule has 2 nitrogen and oxygen atoms in total. The van der Waals surface area contributed by atoms with Crippen molar-refractivity contribution in [3.8, 4) is 0 Å². The number of hydrogen-bond acceptors (Lipinski definition) is 3. The topological polar surface area (TPSA) is 26.3 Å². The van der Waals surface area contributed by atoms with Crippen molar-refractivity contribution in [3.63, 3.8) is 0 Å². The molecule has 1 atom stereocenters. The molecule has 0 radical (unpaired) electrons. The first kappa shape index (κ1) is 6.93. The van der Waals surface area contributed by atoms with Crippen LogP contribution < -0.4 is 0 Å². The lowest BCUT2D eigenvalue weighted by molar-refractivity contribution is -0.137. The number of ether oxygens (including phenoxy) is 1. The fourth-order valence-electron chi connectivity index (χ4n) is 0.830. The summed E-state index contributed by atoms with van der Waals surface area (Å²) in [6.07, 6.45) is 0.900. The molecule has 0 unspecified atom stereocenters. The highest BCUT2D eigenvalue weighted by molar-refractivity contribution is 8.00. The van der Waals surface area contributed by atoms with Crippen molar-refractivity contribution in [1.29, 1.82) is 0 Å². The van der Waals surface area contributed by atoms with Gasteiger partial charge in [0.05, 0.1) is 6.61 Å². The van der Waals surface area contributed by atoms with Gasteiger partial charge >= 0.3 is 5.97 Å². The Morgan fingerprint density at radius 2 is 2.67 bits per heavy atom. The van der Waals surface area contributed by atoms with Crippen molar-refractivity contribution in [1.82, 2.24) is 0 Å². The molecule has 1 rings (SSSR count). The second kappa shape index (κ2) is 3.11. The summed E-state index contributed by atoms with van der Waals surface area (Å²) < 4.78 is 4.76. The molecular weight excluding hydrogens is 136 g/mol. The van der Waals surface area contributed by atoms with Gasteiger partial charge in [-0.3, -0.25) is 4.79 Å². The predicted molar refractivity (Wildman–Crippen MR) is 37.5 cm³/mol. The molecule has 1 heterocycles. The van der Waals surface area contributed by atoms with E-state index in [0.717, 1.165) is 12.2 Å². The standard InChI is InChI=1S/C6H10O2S/c1-2-9-5-3-4-8-6(5)7/h5H,2-4H2,1H3/t5-/m1/s1. The number of carbonyl (C=O) groups excluding carboxylic acids is 1. The number of hydrogen-bond donors (Lipinski definition) is 0. The number of esters is 1. The third kappa shape index (κ3) is 1.61. The van der Waals surface area contributed by atoms with E-state index in [1.165, 1.54) is 0 Å². The molecule has 1 aliphatic rings. The molecule has 3 heteroatoms. The SMILES string of the molecule is CCS[C@@H]1CCOC1=O. The normalized spacial score (nSPS) is 26.3. The van der Waals surface area contributed by atoms with Crippen LogP contribution in [0.3, 0.4) is 0 Å². The fourth-order valence-corrected chi connectivity index (χ4v) is 1.70. The molecular formula is C6H10O2S. The first-order chi connectivity index (χ1) is 4.34. The minimum Gasteiger partial charge on any atom is -0.465 e. The van der Waals surface area contributed by atoms with Crippen molar-refractivity contribution in [2.45, 2.75) is 18.6 Å². The van der Waals surface area contributed by atoms with Gasteiger partial charge in [-0.25, -0.2) is 0 Å². The molecule has 0 N–H and O–H groups in total. The molecule has 1 saturated heterocycles. The lowest BCUT2D eigenvalue weighted by atomic mass is 10.4. The van der Waals surface area contributed by atoms with Gasteiger partial charge in [0.1, 0.15) is 5.25 Å². The van der Waals surface area contributed by atoms with Crippen LogP contribution in [0, 0.1) is 0 Å². The second-order valence-electron chi connectivity index (χ2n) is 1.90. The van der Waals surface area contributed by atoms with Gasteiger partial charge < -0.3 is 4.74 Å². The van der Waals surface area contributed by atoms with Crippen molar-refractivity contribution in [2.75, 3.05) is 12.4 Å². The summed E-state index contributed by atoms with van der Waals surface area (Å²) >= 11 is 1.67. The maximum atomic E-state index is 10.7. The van der Waals surface area contributed by atoms with Gasteiger partial charge in [0, 0.05) is 6.42 Å². The van der Waals surface area contributed by atoms with Crippen LogP contribution in [0.25, 0.3) is 0 Å². The summed E-state index contributed by atoms with van der Waals surface area (Å²) in [5, 5.41) is 0.134. The van der Waals surface area contributed by atoms with Crippen molar-refractivity contribution >= 4 is 17.7 Å². The van der Waals surface area contributed by atoms with Crippen LogP contribution >= 0.6 is 11.8 Å². The van der Waals surface area contributed by atoms with Crippen LogP contribution in [0.4, 0.5) is 0 Å². The minimum atomic E-state index is -0.0261. The van der Waals surface area contributed by atoms with Crippen LogP contribution in [-0.2, 0) is 9.53 Å². The summed E-state index contributed by atoms with van der Waals surface area (Å²) in [4.78, 5) is 10.7. The molecule has 0 amide bonds. The average Bonchev–Trinajstić information content (AvgIpc) is 2.18. The molecule has 52 valence electrons. The summed E-state index contributed by atoms with van der Waals surface area (Å²) in [7, 11) is 0. The summed E-state index contributed by atoms with van der Waals surface area (Å²) in [5.41, 5.74) is 0. The van der Waals surface area contributed by atoms with Gasteiger partial charge in [-0.2, -0.15) is 0 Å². The molecule has 0 bridgehead atoms. The molecule has 0 spiro atoms. The number of carbonyl (C=O) groups is 1. The van der Waals surface area contributed by atoms with Gasteiger partial charge in [-0.1, -0.05) is 6.92 Å². The third-order valence-corrected chi connectivity index (χ3v) is 2.42. The Bertz CT molecular complexity index is 114. The van der Waals surface area contributed by atoms with E-state index in [1.807, 2.05) is 0 Å². The van der Waals surface area contributed by atoms with Crippen LogP contribution in [0.2, 0.25) is 0 Å². The quantitative estimate of drug-likeness (QED) is 0.545. The van der Waals surface area contributed by atoms with Crippen LogP contribution in [0.5, 0.6) is 0 Å². The maximum Gasteiger partial charge on any atom is 0.319 e. The van der Waals surface area contributed by atoms with E-state index in [0.29, 0.717) is 6.61 Å². The highest BCUT2D eigenvalue weighted by atomic mass is 32.2. The van der Waals surface area contributed by atoms with Crippen molar-refractivity contribution < 1.29 is 9.53 Å². The Morgan fingerprint density at radius 1 is 1.89 bits per heavy atom. The highest BCUT2D eigenvalue weighted by Gasteiger charge is 2.25. The molecule has 0 aromatic heterocycles. The maximum absolute atomic E-state index is 10.7. The zero-order chi connectivity index (χ0) is 6.69. The van der Waals surface area contributed by atoms with Crippen LogP contribution in [0.1, 0.15) is 13.3 Å². The van der Waals surface area contributed by atoms with E-state index < -0.39 is 0 Å². The lowest BCUT2D eigenvalue weighted by Gasteiger charge is -1.99. The third-order valence-electron chi connectivity index (χ3n) is 1.26. The Morgan fingerprint density at radius 3 is 3.11 bits per heavy atom. The zero-order valence-corrected chi connectivity index (χ0v) is 6.24. The highest BCUT2D eigenvalue weighted by Crippen LogP contribution is 2.20. The van der Waals surface area contributed by atoms with Gasteiger partial charge in [-0.05, 0) is 5.75 Å². The zero-order valence-electron chi connectivity index (χ0n) is 5.42. The molecule has 0 saturated carbocycles. The van der Waals surface area contributed by atoms with E-state index in [2.05, 4.69) is 6.92 Å². The molecule has 1 aliphatic heterocycles. The number of rotatable bonds is 2. The van der Waals surface area contributed by atoms with E-state index in [9.17, 15) is 4.79 Å². The molecule has 9 heavy (non-hydrogen) atoms. The van der Waals surface area contributed by atoms with Gasteiger partial charge in [0.15, 0.2) is 0 Å². The lowest BCUT2D eigenvalue weighted by Crippen LogP contribution is -2.09.